The average molecular weight is 288 g/mol. The molecule has 0 saturated carbocycles. The smallest absolute Gasteiger partial charge is 0.273 e. The van der Waals surface area contributed by atoms with Crippen molar-refractivity contribution in [3.05, 3.63) is 30.0 Å². The van der Waals surface area contributed by atoms with Crippen LogP contribution in [-0.4, -0.2) is 23.9 Å². The first-order valence-corrected chi connectivity index (χ1v) is 6.85. The lowest BCUT2D eigenvalue weighted by atomic mass is 10.1. The SMILES string of the molecule is CC[C@@H](C)NC(=O)c1cc(-c2ccc3c(c2)OCO3)on1. The van der Waals surface area contributed by atoms with E-state index in [4.69, 9.17) is 14.0 Å². The van der Waals surface area contributed by atoms with E-state index in [0.717, 1.165) is 12.0 Å². The zero-order chi connectivity index (χ0) is 14.8. The van der Waals surface area contributed by atoms with Gasteiger partial charge in [0.05, 0.1) is 0 Å². The van der Waals surface area contributed by atoms with Crippen molar-refractivity contribution in [1.29, 1.82) is 0 Å². The molecule has 1 aliphatic rings. The fraction of sp³-hybridized carbons (Fsp3) is 0.333. The molecule has 0 spiro atoms. The molecule has 1 aromatic carbocycles. The highest BCUT2D eigenvalue weighted by Crippen LogP contribution is 2.35. The summed E-state index contributed by atoms with van der Waals surface area (Å²) in [4.78, 5) is 12.0. The molecule has 0 unspecified atom stereocenters. The van der Waals surface area contributed by atoms with Gasteiger partial charge >= 0.3 is 0 Å². The van der Waals surface area contributed by atoms with E-state index < -0.39 is 0 Å². The van der Waals surface area contributed by atoms with Crippen LogP contribution in [0.1, 0.15) is 30.8 Å². The zero-order valence-corrected chi connectivity index (χ0v) is 11.9. The number of carbonyl (C=O) groups excluding carboxylic acids is 1. The van der Waals surface area contributed by atoms with Crippen molar-refractivity contribution in [2.75, 3.05) is 6.79 Å². The number of ether oxygens (including phenoxy) is 2. The molecule has 0 aliphatic carbocycles. The maximum absolute atomic E-state index is 12.0. The first-order chi connectivity index (χ1) is 10.2. The molecule has 1 atom stereocenters. The first kappa shape index (κ1) is 13.5. The summed E-state index contributed by atoms with van der Waals surface area (Å²) < 4.78 is 15.8. The Morgan fingerprint density at radius 1 is 1.33 bits per heavy atom. The Labute approximate surface area is 122 Å². The Morgan fingerprint density at radius 3 is 2.95 bits per heavy atom. The molecule has 110 valence electrons. The second-order valence-electron chi connectivity index (χ2n) is 4.93. The number of nitrogens with zero attached hydrogens (tertiary/aromatic N) is 1. The van der Waals surface area contributed by atoms with E-state index in [1.54, 1.807) is 18.2 Å². The van der Waals surface area contributed by atoms with Crippen LogP contribution in [0, 0.1) is 0 Å². The van der Waals surface area contributed by atoms with Crippen LogP contribution < -0.4 is 14.8 Å². The van der Waals surface area contributed by atoms with Gasteiger partial charge in [0.25, 0.3) is 5.91 Å². The van der Waals surface area contributed by atoms with E-state index in [1.165, 1.54) is 0 Å². The Hall–Kier alpha value is -2.50. The maximum atomic E-state index is 12.0. The lowest BCUT2D eigenvalue weighted by Crippen LogP contribution is -2.32. The summed E-state index contributed by atoms with van der Waals surface area (Å²) in [7, 11) is 0. The number of amides is 1. The minimum atomic E-state index is -0.236. The van der Waals surface area contributed by atoms with Crippen molar-refractivity contribution in [3.8, 4) is 22.8 Å². The molecule has 0 saturated heterocycles. The summed E-state index contributed by atoms with van der Waals surface area (Å²) in [5, 5.41) is 6.66. The zero-order valence-electron chi connectivity index (χ0n) is 11.9. The third kappa shape index (κ3) is 2.69. The highest BCUT2D eigenvalue weighted by Gasteiger charge is 2.18. The summed E-state index contributed by atoms with van der Waals surface area (Å²) >= 11 is 0. The molecular formula is C15H16N2O4. The lowest BCUT2D eigenvalue weighted by Gasteiger charge is -2.08. The standard InChI is InChI=1S/C15H16N2O4/c1-3-9(2)16-15(18)11-7-13(21-17-11)10-4-5-12-14(6-10)20-8-19-12/h4-7,9H,3,8H2,1-2H3,(H,16,18)/t9-/m1/s1. The number of rotatable bonds is 4. The fourth-order valence-electron chi connectivity index (χ4n) is 1.97. The highest BCUT2D eigenvalue weighted by molar-refractivity contribution is 5.93. The summed E-state index contributed by atoms with van der Waals surface area (Å²) in [5.41, 5.74) is 1.05. The number of hydrogen-bond donors (Lipinski definition) is 1. The molecule has 1 N–H and O–H groups in total. The third-order valence-corrected chi connectivity index (χ3v) is 3.39. The Morgan fingerprint density at radius 2 is 2.14 bits per heavy atom. The molecule has 0 fully saturated rings. The van der Waals surface area contributed by atoms with Crippen LogP contribution in [0.25, 0.3) is 11.3 Å². The van der Waals surface area contributed by atoms with Gasteiger partial charge in [-0.2, -0.15) is 0 Å². The van der Waals surface area contributed by atoms with E-state index in [2.05, 4.69) is 10.5 Å². The van der Waals surface area contributed by atoms with Crippen LogP contribution in [0.4, 0.5) is 0 Å². The molecule has 0 bridgehead atoms. The van der Waals surface area contributed by atoms with Crippen molar-refractivity contribution in [2.24, 2.45) is 0 Å². The van der Waals surface area contributed by atoms with Gasteiger partial charge in [-0.25, -0.2) is 0 Å². The predicted octanol–water partition coefficient (Wildman–Crippen LogP) is 2.60. The summed E-state index contributed by atoms with van der Waals surface area (Å²) in [6, 6.07) is 7.17. The van der Waals surface area contributed by atoms with E-state index in [1.807, 2.05) is 19.9 Å². The van der Waals surface area contributed by atoms with Crippen LogP contribution in [0.5, 0.6) is 11.5 Å². The lowest BCUT2D eigenvalue weighted by molar-refractivity contribution is 0.0930. The monoisotopic (exact) mass is 288 g/mol. The van der Waals surface area contributed by atoms with Crippen LogP contribution in [0.15, 0.2) is 28.8 Å². The molecule has 1 aromatic heterocycles. The van der Waals surface area contributed by atoms with Crippen molar-refractivity contribution in [3.63, 3.8) is 0 Å². The molecule has 2 heterocycles. The number of fused-ring (bicyclic) bond motifs is 1. The molecule has 21 heavy (non-hydrogen) atoms. The van der Waals surface area contributed by atoms with E-state index in [9.17, 15) is 4.79 Å². The van der Waals surface area contributed by atoms with Gasteiger partial charge in [-0.3, -0.25) is 4.79 Å². The van der Waals surface area contributed by atoms with Gasteiger partial charge in [0, 0.05) is 17.7 Å². The molecule has 3 rings (SSSR count). The Balaban J connectivity index is 1.80. The summed E-state index contributed by atoms with van der Waals surface area (Å²) in [6.07, 6.45) is 0.860. The van der Waals surface area contributed by atoms with Crippen molar-refractivity contribution >= 4 is 5.91 Å². The average Bonchev–Trinajstić information content (AvgIpc) is 3.15. The minimum absolute atomic E-state index is 0.100. The van der Waals surface area contributed by atoms with E-state index in [0.29, 0.717) is 17.3 Å². The molecule has 1 amide bonds. The maximum Gasteiger partial charge on any atom is 0.273 e. The van der Waals surface area contributed by atoms with Gasteiger partial charge in [0.1, 0.15) is 0 Å². The van der Waals surface area contributed by atoms with Crippen LogP contribution in [-0.2, 0) is 0 Å². The van der Waals surface area contributed by atoms with Gasteiger partial charge in [-0.05, 0) is 31.5 Å². The highest BCUT2D eigenvalue weighted by atomic mass is 16.7. The number of nitrogens with one attached hydrogen (secondary N) is 1. The molecule has 1 aliphatic heterocycles. The summed E-state index contributed by atoms with van der Waals surface area (Å²) in [6.45, 7) is 4.17. The number of aromatic nitrogens is 1. The molecule has 2 aromatic rings. The number of benzene rings is 1. The number of carbonyl (C=O) groups is 1. The van der Waals surface area contributed by atoms with Crippen molar-refractivity contribution in [1.82, 2.24) is 10.5 Å². The second-order valence-corrected chi connectivity index (χ2v) is 4.93. The van der Waals surface area contributed by atoms with E-state index in [-0.39, 0.29) is 24.4 Å². The number of hydrogen-bond acceptors (Lipinski definition) is 5. The largest absolute Gasteiger partial charge is 0.454 e. The molecule has 0 radical (unpaired) electrons. The van der Waals surface area contributed by atoms with Gasteiger partial charge in [0.15, 0.2) is 23.0 Å². The fourth-order valence-corrected chi connectivity index (χ4v) is 1.97. The predicted molar refractivity (Wildman–Crippen MR) is 75.3 cm³/mol. The third-order valence-electron chi connectivity index (χ3n) is 3.39. The van der Waals surface area contributed by atoms with Gasteiger partial charge in [0.2, 0.25) is 6.79 Å². The van der Waals surface area contributed by atoms with Gasteiger partial charge in [-0.15, -0.1) is 0 Å². The van der Waals surface area contributed by atoms with Crippen molar-refractivity contribution in [2.45, 2.75) is 26.3 Å². The summed E-state index contributed by atoms with van der Waals surface area (Å²) in [5.74, 6) is 1.64. The second kappa shape index (κ2) is 5.47. The molecule has 6 heteroatoms. The first-order valence-electron chi connectivity index (χ1n) is 6.85. The van der Waals surface area contributed by atoms with Gasteiger partial charge < -0.3 is 19.3 Å². The Kier molecular flexibility index (Phi) is 3.51. The van der Waals surface area contributed by atoms with Crippen molar-refractivity contribution < 1.29 is 18.8 Å². The molecule has 6 nitrogen and oxygen atoms in total. The quantitative estimate of drug-likeness (QED) is 0.936. The van der Waals surface area contributed by atoms with Crippen LogP contribution in [0.3, 0.4) is 0 Å². The Bertz CT molecular complexity index is 665. The van der Waals surface area contributed by atoms with Crippen LogP contribution >= 0.6 is 0 Å². The van der Waals surface area contributed by atoms with Crippen LogP contribution in [0.2, 0.25) is 0 Å². The molecular weight excluding hydrogens is 272 g/mol. The van der Waals surface area contributed by atoms with E-state index >= 15 is 0 Å². The minimum Gasteiger partial charge on any atom is -0.454 e. The van der Waals surface area contributed by atoms with Gasteiger partial charge in [-0.1, -0.05) is 12.1 Å². The topological polar surface area (TPSA) is 73.6 Å². The normalized spacial score (nSPS) is 14.0.